The summed E-state index contributed by atoms with van der Waals surface area (Å²) in [7, 11) is 0. The molecule has 0 spiro atoms. The third kappa shape index (κ3) is 1.57. The SMILES string of the molecule is Brc1ccn2c(C3CCCC3)nnc2c1. The summed E-state index contributed by atoms with van der Waals surface area (Å²) >= 11 is 3.44. The molecule has 1 aliphatic carbocycles. The summed E-state index contributed by atoms with van der Waals surface area (Å²) in [5, 5.41) is 8.52. The Hall–Kier alpha value is -0.900. The van der Waals surface area contributed by atoms with Gasteiger partial charge in [-0.15, -0.1) is 10.2 Å². The third-order valence-electron chi connectivity index (χ3n) is 3.12. The monoisotopic (exact) mass is 265 g/mol. The normalized spacial score (nSPS) is 17.7. The van der Waals surface area contributed by atoms with Crippen molar-refractivity contribution in [2.45, 2.75) is 31.6 Å². The molecule has 0 unspecified atom stereocenters. The summed E-state index contributed by atoms with van der Waals surface area (Å²) in [4.78, 5) is 0. The van der Waals surface area contributed by atoms with Crippen molar-refractivity contribution in [2.75, 3.05) is 0 Å². The van der Waals surface area contributed by atoms with Crippen LogP contribution in [-0.4, -0.2) is 14.6 Å². The van der Waals surface area contributed by atoms with Crippen molar-refractivity contribution < 1.29 is 0 Å². The maximum Gasteiger partial charge on any atom is 0.161 e. The van der Waals surface area contributed by atoms with Crippen molar-refractivity contribution in [2.24, 2.45) is 0 Å². The van der Waals surface area contributed by atoms with Gasteiger partial charge in [0.05, 0.1) is 0 Å². The van der Waals surface area contributed by atoms with Crippen molar-refractivity contribution in [1.29, 1.82) is 0 Å². The number of aromatic nitrogens is 3. The van der Waals surface area contributed by atoms with Gasteiger partial charge in [-0.3, -0.25) is 4.40 Å². The largest absolute Gasteiger partial charge is 0.286 e. The van der Waals surface area contributed by atoms with Crippen molar-refractivity contribution in [3.05, 3.63) is 28.6 Å². The molecule has 3 rings (SSSR count). The predicted octanol–water partition coefficient (Wildman–Crippen LogP) is 3.15. The Morgan fingerprint density at radius 1 is 1.27 bits per heavy atom. The van der Waals surface area contributed by atoms with E-state index in [9.17, 15) is 0 Å². The Kier molecular flexibility index (Phi) is 2.24. The van der Waals surface area contributed by atoms with Gasteiger partial charge in [-0.05, 0) is 25.0 Å². The van der Waals surface area contributed by atoms with E-state index < -0.39 is 0 Å². The molecule has 0 saturated heterocycles. The van der Waals surface area contributed by atoms with Gasteiger partial charge in [0.25, 0.3) is 0 Å². The summed E-state index contributed by atoms with van der Waals surface area (Å²) in [6.45, 7) is 0. The lowest BCUT2D eigenvalue weighted by atomic mass is 10.1. The molecule has 4 heteroatoms. The maximum absolute atomic E-state index is 4.31. The topological polar surface area (TPSA) is 30.2 Å². The van der Waals surface area contributed by atoms with Gasteiger partial charge >= 0.3 is 0 Å². The van der Waals surface area contributed by atoms with Gasteiger partial charge in [0.15, 0.2) is 5.65 Å². The van der Waals surface area contributed by atoms with E-state index in [1.807, 2.05) is 18.3 Å². The molecule has 15 heavy (non-hydrogen) atoms. The molecule has 0 N–H and O–H groups in total. The van der Waals surface area contributed by atoms with Gasteiger partial charge in [-0.2, -0.15) is 0 Å². The van der Waals surface area contributed by atoms with E-state index >= 15 is 0 Å². The van der Waals surface area contributed by atoms with E-state index in [4.69, 9.17) is 0 Å². The second kappa shape index (κ2) is 3.59. The van der Waals surface area contributed by atoms with Gasteiger partial charge in [-0.25, -0.2) is 0 Å². The highest BCUT2D eigenvalue weighted by atomic mass is 79.9. The number of nitrogens with zero attached hydrogens (tertiary/aromatic N) is 3. The van der Waals surface area contributed by atoms with E-state index in [0.717, 1.165) is 15.9 Å². The molecule has 2 heterocycles. The van der Waals surface area contributed by atoms with Gasteiger partial charge in [-0.1, -0.05) is 28.8 Å². The molecular formula is C11H12BrN3. The minimum atomic E-state index is 0.612. The smallest absolute Gasteiger partial charge is 0.161 e. The number of rotatable bonds is 1. The van der Waals surface area contributed by atoms with Crippen LogP contribution in [0.4, 0.5) is 0 Å². The summed E-state index contributed by atoms with van der Waals surface area (Å²) in [6, 6.07) is 4.04. The van der Waals surface area contributed by atoms with Crippen molar-refractivity contribution in [3.8, 4) is 0 Å². The molecule has 0 aromatic carbocycles. The molecule has 0 amide bonds. The number of fused-ring (bicyclic) bond motifs is 1. The van der Waals surface area contributed by atoms with Crippen LogP contribution in [0.5, 0.6) is 0 Å². The fourth-order valence-corrected chi connectivity index (χ4v) is 2.67. The van der Waals surface area contributed by atoms with E-state index in [1.165, 1.54) is 25.7 Å². The Morgan fingerprint density at radius 2 is 2.07 bits per heavy atom. The Labute approximate surface area is 96.6 Å². The number of hydrogen-bond acceptors (Lipinski definition) is 2. The van der Waals surface area contributed by atoms with Crippen LogP contribution in [0.15, 0.2) is 22.8 Å². The first kappa shape index (κ1) is 9.33. The van der Waals surface area contributed by atoms with Gasteiger partial charge in [0.2, 0.25) is 0 Å². The van der Waals surface area contributed by atoms with E-state index in [1.54, 1.807) is 0 Å². The number of halogens is 1. The first-order valence-electron chi connectivity index (χ1n) is 5.35. The van der Waals surface area contributed by atoms with E-state index in [2.05, 4.69) is 30.5 Å². The highest BCUT2D eigenvalue weighted by molar-refractivity contribution is 9.10. The van der Waals surface area contributed by atoms with Crippen LogP contribution in [0.2, 0.25) is 0 Å². The van der Waals surface area contributed by atoms with Crippen LogP contribution in [0.1, 0.15) is 37.4 Å². The van der Waals surface area contributed by atoms with Gasteiger partial charge < -0.3 is 0 Å². The molecule has 0 radical (unpaired) electrons. The first-order chi connectivity index (χ1) is 7.34. The van der Waals surface area contributed by atoms with Crippen LogP contribution in [-0.2, 0) is 0 Å². The first-order valence-corrected chi connectivity index (χ1v) is 6.14. The Balaban J connectivity index is 2.11. The van der Waals surface area contributed by atoms with Crippen LogP contribution in [0.25, 0.3) is 5.65 Å². The van der Waals surface area contributed by atoms with Crippen LogP contribution in [0.3, 0.4) is 0 Å². The fourth-order valence-electron chi connectivity index (χ4n) is 2.35. The molecule has 2 aromatic rings. The van der Waals surface area contributed by atoms with Crippen LogP contribution < -0.4 is 0 Å². The predicted molar refractivity (Wildman–Crippen MR) is 61.9 cm³/mol. The second-order valence-electron chi connectivity index (χ2n) is 4.11. The minimum absolute atomic E-state index is 0.612. The van der Waals surface area contributed by atoms with E-state index in [-0.39, 0.29) is 0 Å². The lowest BCUT2D eigenvalue weighted by molar-refractivity contribution is 0.658. The van der Waals surface area contributed by atoms with Crippen molar-refractivity contribution in [3.63, 3.8) is 0 Å². The lowest BCUT2D eigenvalue weighted by Crippen LogP contribution is -1.99. The van der Waals surface area contributed by atoms with Crippen LogP contribution >= 0.6 is 15.9 Å². The quantitative estimate of drug-likeness (QED) is 0.793. The minimum Gasteiger partial charge on any atom is -0.286 e. The highest BCUT2D eigenvalue weighted by Gasteiger charge is 2.21. The standard InChI is InChI=1S/C11H12BrN3/c12-9-5-6-15-10(7-9)13-14-11(15)8-3-1-2-4-8/h5-8H,1-4H2. The molecule has 1 aliphatic rings. The zero-order valence-corrected chi connectivity index (χ0v) is 9.94. The summed E-state index contributed by atoms with van der Waals surface area (Å²) < 4.78 is 3.17. The Morgan fingerprint density at radius 3 is 2.87 bits per heavy atom. The zero-order valence-electron chi connectivity index (χ0n) is 8.36. The number of pyridine rings is 1. The molecule has 78 valence electrons. The average molecular weight is 266 g/mol. The lowest BCUT2D eigenvalue weighted by Gasteiger charge is -2.05. The molecular weight excluding hydrogens is 254 g/mol. The third-order valence-corrected chi connectivity index (χ3v) is 3.61. The molecule has 0 bridgehead atoms. The van der Waals surface area contributed by atoms with Gasteiger partial charge in [0.1, 0.15) is 5.82 Å². The molecule has 0 atom stereocenters. The second-order valence-corrected chi connectivity index (χ2v) is 5.03. The number of hydrogen-bond donors (Lipinski definition) is 0. The Bertz CT molecular complexity index is 486. The summed E-state index contributed by atoms with van der Waals surface area (Å²) in [5.74, 6) is 1.75. The summed E-state index contributed by atoms with van der Waals surface area (Å²) in [6.07, 6.45) is 7.23. The maximum atomic E-state index is 4.31. The molecule has 2 aromatic heterocycles. The average Bonchev–Trinajstić information content (AvgIpc) is 2.82. The fraction of sp³-hybridized carbons (Fsp3) is 0.455. The van der Waals surface area contributed by atoms with E-state index in [0.29, 0.717) is 5.92 Å². The van der Waals surface area contributed by atoms with Crippen molar-refractivity contribution in [1.82, 2.24) is 14.6 Å². The van der Waals surface area contributed by atoms with Crippen LogP contribution in [0, 0.1) is 0 Å². The summed E-state index contributed by atoms with van der Waals surface area (Å²) in [5.41, 5.74) is 0.936. The van der Waals surface area contributed by atoms with Crippen molar-refractivity contribution >= 4 is 21.6 Å². The molecule has 0 aliphatic heterocycles. The zero-order chi connectivity index (χ0) is 10.3. The molecule has 1 saturated carbocycles. The molecule has 1 fully saturated rings. The highest BCUT2D eigenvalue weighted by Crippen LogP contribution is 2.33. The molecule has 3 nitrogen and oxygen atoms in total. The van der Waals surface area contributed by atoms with Gasteiger partial charge in [0, 0.05) is 16.6 Å².